The van der Waals surface area contributed by atoms with E-state index in [0.29, 0.717) is 18.4 Å². The van der Waals surface area contributed by atoms with Crippen molar-refractivity contribution < 1.29 is 4.79 Å². The van der Waals surface area contributed by atoms with Gasteiger partial charge in [-0.3, -0.25) is 4.79 Å². The third-order valence-corrected chi connectivity index (χ3v) is 4.43. The van der Waals surface area contributed by atoms with Gasteiger partial charge in [0.15, 0.2) is 0 Å². The van der Waals surface area contributed by atoms with Crippen LogP contribution in [0, 0.1) is 5.92 Å². The third-order valence-electron chi connectivity index (χ3n) is 3.94. The molecule has 1 heterocycles. The van der Waals surface area contributed by atoms with Crippen LogP contribution in [0.3, 0.4) is 0 Å². The molecular formula is C17H26BrN3O. The molecule has 1 amide bonds. The molecule has 22 heavy (non-hydrogen) atoms. The Labute approximate surface area is 141 Å². The summed E-state index contributed by atoms with van der Waals surface area (Å²) in [6.45, 7) is 6.34. The summed E-state index contributed by atoms with van der Waals surface area (Å²) in [7, 11) is 0. The number of benzene rings is 1. The summed E-state index contributed by atoms with van der Waals surface area (Å²) >= 11 is 3.47. The maximum atomic E-state index is 12.2. The van der Waals surface area contributed by atoms with Gasteiger partial charge in [0.2, 0.25) is 5.91 Å². The van der Waals surface area contributed by atoms with Crippen molar-refractivity contribution in [1.29, 1.82) is 0 Å². The summed E-state index contributed by atoms with van der Waals surface area (Å²) in [5, 5.41) is 9.78. The number of amides is 1. The van der Waals surface area contributed by atoms with Gasteiger partial charge < -0.3 is 16.0 Å². The van der Waals surface area contributed by atoms with Crippen LogP contribution < -0.4 is 16.0 Å². The minimum atomic E-state index is 0.100. The quantitative estimate of drug-likeness (QED) is 0.712. The Morgan fingerprint density at radius 1 is 1.32 bits per heavy atom. The molecule has 0 atom stereocenters. The smallest absolute Gasteiger partial charge is 0.224 e. The van der Waals surface area contributed by atoms with E-state index in [4.69, 9.17) is 0 Å². The molecule has 0 aromatic heterocycles. The number of carbonyl (C=O) groups excluding carboxylic acids is 1. The number of hydrogen-bond donors (Lipinski definition) is 3. The molecule has 2 rings (SSSR count). The van der Waals surface area contributed by atoms with E-state index < -0.39 is 0 Å². The van der Waals surface area contributed by atoms with Gasteiger partial charge in [0.1, 0.15) is 0 Å². The molecule has 0 radical (unpaired) electrons. The number of carbonyl (C=O) groups is 1. The highest BCUT2D eigenvalue weighted by Gasteiger charge is 2.15. The van der Waals surface area contributed by atoms with Crippen LogP contribution in [0.1, 0.15) is 39.5 Å². The molecule has 1 aromatic rings. The van der Waals surface area contributed by atoms with E-state index in [0.717, 1.165) is 35.4 Å². The Hall–Kier alpha value is -1.07. The topological polar surface area (TPSA) is 53.2 Å². The first-order valence-electron chi connectivity index (χ1n) is 8.11. The van der Waals surface area contributed by atoms with Crippen molar-refractivity contribution >= 4 is 33.2 Å². The van der Waals surface area contributed by atoms with Gasteiger partial charge in [-0.1, -0.05) is 15.9 Å². The zero-order valence-corrected chi connectivity index (χ0v) is 15.0. The van der Waals surface area contributed by atoms with E-state index in [1.807, 2.05) is 18.2 Å². The van der Waals surface area contributed by atoms with Gasteiger partial charge in [-0.2, -0.15) is 0 Å². The molecule has 122 valence electrons. The van der Waals surface area contributed by atoms with Gasteiger partial charge in [0, 0.05) is 16.9 Å². The first-order chi connectivity index (χ1) is 10.5. The fourth-order valence-electron chi connectivity index (χ4n) is 2.78. The second-order valence-corrected chi connectivity index (χ2v) is 7.18. The number of nitrogens with one attached hydrogen (secondary N) is 3. The summed E-state index contributed by atoms with van der Waals surface area (Å²) in [6.07, 6.45) is 3.95. The van der Waals surface area contributed by atoms with Gasteiger partial charge in [0.25, 0.3) is 0 Å². The lowest BCUT2D eigenvalue weighted by molar-refractivity contribution is -0.116. The largest absolute Gasteiger partial charge is 0.381 e. The third kappa shape index (κ3) is 5.61. The predicted molar refractivity (Wildman–Crippen MR) is 96.4 cm³/mol. The molecule has 1 fully saturated rings. The fourth-order valence-corrected chi connectivity index (χ4v) is 3.14. The normalized spacial score (nSPS) is 15.8. The minimum Gasteiger partial charge on any atom is -0.381 e. The van der Waals surface area contributed by atoms with Gasteiger partial charge in [0.05, 0.1) is 11.4 Å². The molecule has 0 aliphatic carbocycles. The molecular weight excluding hydrogens is 342 g/mol. The molecule has 0 saturated carbocycles. The lowest BCUT2D eigenvalue weighted by atomic mass is 9.93. The second kappa shape index (κ2) is 8.53. The standard InChI is InChI=1S/C17H26BrN3O/c1-12(2)20-15-5-4-14(18)11-16(15)21-17(22)6-3-13-7-9-19-10-8-13/h4-5,11-13,19-20H,3,6-10H2,1-2H3,(H,21,22). The molecule has 0 unspecified atom stereocenters. The highest BCUT2D eigenvalue weighted by atomic mass is 79.9. The molecule has 0 spiro atoms. The first kappa shape index (κ1) is 17.3. The van der Waals surface area contributed by atoms with Gasteiger partial charge in [-0.05, 0) is 70.3 Å². The number of halogens is 1. The first-order valence-corrected chi connectivity index (χ1v) is 8.90. The van der Waals surface area contributed by atoms with Crippen molar-refractivity contribution in [3.8, 4) is 0 Å². The van der Waals surface area contributed by atoms with Crippen molar-refractivity contribution in [1.82, 2.24) is 5.32 Å². The lowest BCUT2D eigenvalue weighted by Crippen LogP contribution is -2.28. The Morgan fingerprint density at radius 3 is 2.73 bits per heavy atom. The molecule has 0 bridgehead atoms. The van der Waals surface area contributed by atoms with Gasteiger partial charge >= 0.3 is 0 Å². The van der Waals surface area contributed by atoms with Crippen molar-refractivity contribution in [2.75, 3.05) is 23.7 Å². The summed E-state index contributed by atoms with van der Waals surface area (Å²) < 4.78 is 0.968. The van der Waals surface area contributed by atoms with Crippen LogP contribution in [0.2, 0.25) is 0 Å². The Balaban J connectivity index is 1.90. The predicted octanol–water partition coefficient (Wildman–Crippen LogP) is 3.99. The van der Waals surface area contributed by atoms with Crippen molar-refractivity contribution in [2.24, 2.45) is 5.92 Å². The van der Waals surface area contributed by atoms with E-state index in [1.165, 1.54) is 12.8 Å². The van der Waals surface area contributed by atoms with Crippen LogP contribution in [0.4, 0.5) is 11.4 Å². The highest BCUT2D eigenvalue weighted by Crippen LogP contribution is 2.27. The maximum Gasteiger partial charge on any atom is 0.224 e. The molecule has 5 heteroatoms. The van der Waals surface area contributed by atoms with Crippen molar-refractivity contribution in [3.63, 3.8) is 0 Å². The summed E-state index contributed by atoms with van der Waals surface area (Å²) in [5.41, 5.74) is 1.81. The van der Waals surface area contributed by atoms with Crippen molar-refractivity contribution in [3.05, 3.63) is 22.7 Å². The van der Waals surface area contributed by atoms with Gasteiger partial charge in [-0.15, -0.1) is 0 Å². The highest BCUT2D eigenvalue weighted by molar-refractivity contribution is 9.10. The molecule has 1 aliphatic rings. The van der Waals surface area contributed by atoms with E-state index in [2.05, 4.69) is 45.7 Å². The maximum absolute atomic E-state index is 12.2. The lowest BCUT2D eigenvalue weighted by Gasteiger charge is -2.22. The molecule has 1 aliphatic heterocycles. The van der Waals surface area contributed by atoms with Crippen LogP contribution in [0.5, 0.6) is 0 Å². The SMILES string of the molecule is CC(C)Nc1ccc(Br)cc1NC(=O)CCC1CCNCC1. The Morgan fingerprint density at radius 2 is 2.05 bits per heavy atom. The van der Waals surface area contributed by atoms with Crippen LogP contribution >= 0.6 is 15.9 Å². The van der Waals surface area contributed by atoms with Crippen LogP contribution in [0.25, 0.3) is 0 Å². The average Bonchev–Trinajstić information content (AvgIpc) is 2.49. The van der Waals surface area contributed by atoms with Crippen LogP contribution in [0.15, 0.2) is 22.7 Å². The molecule has 4 nitrogen and oxygen atoms in total. The molecule has 1 saturated heterocycles. The van der Waals surface area contributed by atoms with Crippen LogP contribution in [-0.2, 0) is 4.79 Å². The van der Waals surface area contributed by atoms with E-state index in [-0.39, 0.29) is 5.91 Å². The minimum absolute atomic E-state index is 0.100. The summed E-state index contributed by atoms with van der Waals surface area (Å²) in [6, 6.07) is 6.25. The summed E-state index contributed by atoms with van der Waals surface area (Å²) in [4.78, 5) is 12.2. The number of piperidine rings is 1. The summed E-state index contributed by atoms with van der Waals surface area (Å²) in [5.74, 6) is 0.784. The van der Waals surface area contributed by atoms with Crippen LogP contribution in [-0.4, -0.2) is 25.0 Å². The molecule has 3 N–H and O–H groups in total. The fraction of sp³-hybridized carbons (Fsp3) is 0.588. The van der Waals surface area contributed by atoms with E-state index >= 15 is 0 Å². The van der Waals surface area contributed by atoms with E-state index in [1.54, 1.807) is 0 Å². The number of hydrogen-bond acceptors (Lipinski definition) is 3. The zero-order chi connectivity index (χ0) is 15.9. The second-order valence-electron chi connectivity index (χ2n) is 6.27. The van der Waals surface area contributed by atoms with Gasteiger partial charge in [-0.25, -0.2) is 0 Å². The van der Waals surface area contributed by atoms with Crippen molar-refractivity contribution in [2.45, 2.75) is 45.6 Å². The Bertz CT molecular complexity index is 499. The molecule has 1 aromatic carbocycles. The monoisotopic (exact) mass is 367 g/mol. The Kier molecular flexibility index (Phi) is 6.70. The zero-order valence-electron chi connectivity index (χ0n) is 13.4. The van der Waals surface area contributed by atoms with E-state index in [9.17, 15) is 4.79 Å². The number of rotatable bonds is 6. The number of anilines is 2. The average molecular weight is 368 g/mol.